The monoisotopic (exact) mass is 489 g/mol. The van der Waals surface area contributed by atoms with Crippen molar-refractivity contribution < 1.29 is 24.1 Å². The maximum Gasteiger partial charge on any atom is 0.407 e. The third-order valence-corrected chi connectivity index (χ3v) is 6.55. The van der Waals surface area contributed by atoms with E-state index < -0.39 is 12.2 Å². The molecule has 0 spiro atoms. The molecular weight excluding hydrogens is 454 g/mol. The predicted molar refractivity (Wildman–Crippen MR) is 139 cm³/mol. The molecule has 4 rings (SSSR count). The van der Waals surface area contributed by atoms with Crippen molar-refractivity contribution in [3.8, 4) is 5.75 Å². The van der Waals surface area contributed by atoms with Crippen LogP contribution in [0, 0.1) is 0 Å². The molecule has 3 aromatic rings. The first kappa shape index (κ1) is 25.7. The number of para-hydroxylation sites is 1. The number of hydrogen-bond acceptors (Lipinski definition) is 5. The normalized spacial score (nSPS) is 18.2. The van der Waals surface area contributed by atoms with Gasteiger partial charge in [0.15, 0.2) is 0 Å². The van der Waals surface area contributed by atoms with Crippen LogP contribution in [0.25, 0.3) is 0 Å². The minimum atomic E-state index is -0.689. The largest absolute Gasteiger partial charge is 0.489 e. The van der Waals surface area contributed by atoms with E-state index >= 15 is 0 Å². The number of aliphatic hydroxyl groups is 1. The number of carbonyl (C=O) groups excluding carboxylic acids is 1. The Hall–Kier alpha value is -3.35. The maximum atomic E-state index is 12.1. The lowest BCUT2D eigenvalue weighted by Gasteiger charge is -2.30. The Kier molecular flexibility index (Phi) is 9.77. The second-order valence-corrected chi connectivity index (χ2v) is 9.17. The van der Waals surface area contributed by atoms with Crippen LogP contribution in [0.15, 0.2) is 84.9 Å². The predicted octanol–water partition coefficient (Wildman–Crippen LogP) is 5.60. The Bertz CT molecular complexity index is 1050. The Morgan fingerprint density at radius 1 is 0.861 bits per heavy atom. The van der Waals surface area contributed by atoms with Crippen molar-refractivity contribution in [1.82, 2.24) is 5.32 Å². The van der Waals surface area contributed by atoms with Crippen molar-refractivity contribution in [2.24, 2.45) is 0 Å². The average Bonchev–Trinajstić information content (AvgIpc) is 2.94. The second kappa shape index (κ2) is 13.7. The van der Waals surface area contributed by atoms with Crippen molar-refractivity contribution in [3.63, 3.8) is 0 Å². The Balaban J connectivity index is 1.20. The van der Waals surface area contributed by atoms with E-state index in [2.05, 4.69) is 29.6 Å². The maximum absolute atomic E-state index is 12.1. The standard InChI is InChI=1S/C30H35NO5/c32-20-27(36-30(33)31-19-23-9-3-1-4-10-23)22-34-26-17-15-25(16-18-26)28-13-7-8-14-29(28)35-21-24-11-5-2-6-12-24/h1-14,25-27,32H,15-22H2,(H,31,33)/t25?,26?,27-/m1/s1. The minimum absolute atomic E-state index is 0.0867. The summed E-state index contributed by atoms with van der Waals surface area (Å²) in [4.78, 5) is 12.1. The molecule has 1 fully saturated rings. The highest BCUT2D eigenvalue weighted by Crippen LogP contribution is 2.38. The lowest BCUT2D eigenvalue weighted by atomic mass is 9.82. The van der Waals surface area contributed by atoms with Crippen LogP contribution < -0.4 is 10.1 Å². The van der Waals surface area contributed by atoms with E-state index in [0.29, 0.717) is 19.1 Å². The molecule has 2 N–H and O–H groups in total. The highest BCUT2D eigenvalue weighted by atomic mass is 16.6. The molecule has 190 valence electrons. The van der Waals surface area contributed by atoms with Crippen LogP contribution in [0.3, 0.4) is 0 Å². The molecule has 0 unspecified atom stereocenters. The smallest absolute Gasteiger partial charge is 0.407 e. The highest BCUT2D eigenvalue weighted by molar-refractivity contribution is 5.67. The number of rotatable bonds is 11. The Morgan fingerprint density at radius 3 is 2.19 bits per heavy atom. The fraction of sp³-hybridized carbons (Fsp3) is 0.367. The molecule has 1 atom stereocenters. The summed E-state index contributed by atoms with van der Waals surface area (Å²) in [5.41, 5.74) is 3.38. The Labute approximate surface area is 213 Å². The number of benzene rings is 3. The topological polar surface area (TPSA) is 77.0 Å². The number of ether oxygens (including phenoxy) is 3. The summed E-state index contributed by atoms with van der Waals surface area (Å²) in [6, 6.07) is 28.1. The lowest BCUT2D eigenvalue weighted by molar-refractivity contribution is -0.0469. The van der Waals surface area contributed by atoms with Crippen LogP contribution in [-0.4, -0.2) is 36.6 Å². The van der Waals surface area contributed by atoms with Gasteiger partial charge >= 0.3 is 6.09 Å². The molecule has 0 saturated heterocycles. The first-order valence-electron chi connectivity index (χ1n) is 12.7. The van der Waals surface area contributed by atoms with E-state index in [9.17, 15) is 9.90 Å². The fourth-order valence-electron chi connectivity index (χ4n) is 4.56. The van der Waals surface area contributed by atoms with Crippen molar-refractivity contribution in [3.05, 3.63) is 102 Å². The summed E-state index contributed by atoms with van der Waals surface area (Å²) in [6.45, 7) is 0.832. The van der Waals surface area contributed by atoms with Gasteiger partial charge in [0, 0.05) is 6.54 Å². The van der Waals surface area contributed by atoms with Gasteiger partial charge in [0.05, 0.1) is 19.3 Å². The van der Waals surface area contributed by atoms with Crippen molar-refractivity contribution in [1.29, 1.82) is 0 Å². The quantitative estimate of drug-likeness (QED) is 0.367. The van der Waals surface area contributed by atoms with Gasteiger partial charge < -0.3 is 24.6 Å². The lowest BCUT2D eigenvalue weighted by Crippen LogP contribution is -2.35. The van der Waals surface area contributed by atoms with Crippen LogP contribution >= 0.6 is 0 Å². The number of aliphatic hydroxyl groups excluding tert-OH is 1. The zero-order valence-electron chi connectivity index (χ0n) is 20.6. The molecule has 1 saturated carbocycles. The van der Waals surface area contributed by atoms with Gasteiger partial charge in [-0.05, 0) is 54.4 Å². The summed E-state index contributed by atoms with van der Waals surface area (Å²) in [5.74, 6) is 1.37. The molecule has 36 heavy (non-hydrogen) atoms. The molecule has 1 aliphatic rings. The molecule has 3 aromatic carbocycles. The molecule has 6 heteroatoms. The zero-order chi connectivity index (χ0) is 25.0. The molecule has 1 aliphatic carbocycles. The molecule has 0 aromatic heterocycles. The molecule has 0 bridgehead atoms. The first-order valence-corrected chi connectivity index (χ1v) is 12.7. The third-order valence-electron chi connectivity index (χ3n) is 6.55. The number of hydrogen-bond donors (Lipinski definition) is 2. The second-order valence-electron chi connectivity index (χ2n) is 9.17. The Morgan fingerprint density at radius 2 is 1.50 bits per heavy atom. The van der Waals surface area contributed by atoms with E-state index in [4.69, 9.17) is 14.2 Å². The molecule has 6 nitrogen and oxygen atoms in total. The van der Waals surface area contributed by atoms with Crippen molar-refractivity contribution in [2.45, 2.75) is 57.0 Å². The van der Waals surface area contributed by atoms with Gasteiger partial charge in [-0.3, -0.25) is 0 Å². The van der Waals surface area contributed by atoms with Gasteiger partial charge in [0.1, 0.15) is 18.5 Å². The SMILES string of the molecule is O=C(NCc1ccccc1)O[C@H](CO)COC1CCC(c2ccccc2OCc2ccccc2)CC1. The van der Waals surface area contributed by atoms with Gasteiger partial charge in [-0.2, -0.15) is 0 Å². The fourth-order valence-corrected chi connectivity index (χ4v) is 4.56. The summed E-state index contributed by atoms with van der Waals surface area (Å²) in [5, 5.41) is 12.4. The number of alkyl carbamates (subject to hydrolysis) is 1. The van der Waals surface area contributed by atoms with E-state index in [0.717, 1.165) is 42.6 Å². The average molecular weight is 490 g/mol. The van der Waals surface area contributed by atoms with Gasteiger partial charge in [0.25, 0.3) is 0 Å². The number of carbonyl (C=O) groups is 1. The van der Waals surface area contributed by atoms with E-state index in [1.54, 1.807) is 0 Å². The molecule has 0 radical (unpaired) electrons. The molecule has 1 amide bonds. The summed E-state index contributed by atoms with van der Waals surface area (Å²) < 4.78 is 17.5. The van der Waals surface area contributed by atoms with E-state index in [-0.39, 0.29) is 19.3 Å². The zero-order valence-corrected chi connectivity index (χ0v) is 20.6. The molecule has 0 aliphatic heterocycles. The van der Waals surface area contributed by atoms with Crippen LogP contribution in [0.4, 0.5) is 4.79 Å². The van der Waals surface area contributed by atoms with Crippen LogP contribution in [-0.2, 0) is 22.6 Å². The van der Waals surface area contributed by atoms with Crippen LogP contribution in [0.5, 0.6) is 5.75 Å². The van der Waals surface area contributed by atoms with Crippen molar-refractivity contribution in [2.75, 3.05) is 13.2 Å². The van der Waals surface area contributed by atoms with Crippen LogP contribution in [0.1, 0.15) is 48.3 Å². The number of nitrogens with one attached hydrogen (secondary N) is 1. The molecular formula is C30H35NO5. The minimum Gasteiger partial charge on any atom is -0.489 e. The van der Waals surface area contributed by atoms with E-state index in [1.165, 1.54) is 5.56 Å². The first-order chi connectivity index (χ1) is 17.7. The van der Waals surface area contributed by atoms with Gasteiger partial charge in [-0.25, -0.2) is 4.79 Å². The van der Waals surface area contributed by atoms with Gasteiger partial charge in [-0.1, -0.05) is 78.9 Å². The summed E-state index contributed by atoms with van der Waals surface area (Å²) in [6.07, 6.45) is 2.66. The third kappa shape index (κ3) is 7.83. The van der Waals surface area contributed by atoms with Crippen LogP contribution in [0.2, 0.25) is 0 Å². The molecule has 0 heterocycles. The summed E-state index contributed by atoms with van der Waals surface area (Å²) in [7, 11) is 0. The van der Waals surface area contributed by atoms with Crippen molar-refractivity contribution >= 4 is 6.09 Å². The summed E-state index contributed by atoms with van der Waals surface area (Å²) >= 11 is 0. The van der Waals surface area contributed by atoms with E-state index in [1.807, 2.05) is 60.7 Å². The van der Waals surface area contributed by atoms with Gasteiger partial charge in [-0.15, -0.1) is 0 Å². The van der Waals surface area contributed by atoms with Gasteiger partial charge in [0.2, 0.25) is 0 Å². The number of amides is 1. The highest BCUT2D eigenvalue weighted by Gasteiger charge is 2.26.